The lowest BCUT2D eigenvalue weighted by molar-refractivity contribution is 0.0597. The predicted molar refractivity (Wildman–Crippen MR) is 80.3 cm³/mol. The highest BCUT2D eigenvalue weighted by molar-refractivity contribution is 5.97. The number of halogens is 1. The van der Waals surface area contributed by atoms with Gasteiger partial charge in [0.15, 0.2) is 0 Å². The maximum absolute atomic E-state index is 13.5. The topological polar surface area (TPSA) is 64.6 Å². The zero-order chi connectivity index (χ0) is 16.4. The van der Waals surface area contributed by atoms with E-state index in [9.17, 15) is 14.0 Å². The molecule has 1 aliphatic rings. The number of methoxy groups -OCH3 is 1. The summed E-state index contributed by atoms with van der Waals surface area (Å²) in [5.74, 6) is -0.855. The van der Waals surface area contributed by atoms with Gasteiger partial charge in [0.1, 0.15) is 22.9 Å². The third kappa shape index (κ3) is 2.88. The van der Waals surface area contributed by atoms with Crippen molar-refractivity contribution in [3.63, 3.8) is 0 Å². The Morgan fingerprint density at radius 2 is 2.04 bits per heavy atom. The maximum atomic E-state index is 13.5. The van der Waals surface area contributed by atoms with E-state index >= 15 is 0 Å². The number of amides is 1. The first-order chi connectivity index (χ1) is 11.1. The first-order valence-corrected chi connectivity index (χ1v) is 7.06. The van der Waals surface area contributed by atoms with E-state index in [1.807, 2.05) is 0 Å². The van der Waals surface area contributed by atoms with Crippen molar-refractivity contribution in [2.24, 2.45) is 0 Å². The van der Waals surface area contributed by atoms with Crippen molar-refractivity contribution in [3.8, 4) is 11.5 Å². The van der Waals surface area contributed by atoms with Gasteiger partial charge in [-0.15, -0.1) is 0 Å². The molecule has 0 radical (unpaired) electrons. The van der Waals surface area contributed by atoms with E-state index in [0.29, 0.717) is 24.3 Å². The second kappa shape index (κ2) is 6.08. The molecule has 0 bridgehead atoms. The first-order valence-electron chi connectivity index (χ1n) is 7.06. The monoisotopic (exact) mass is 315 g/mol. The number of carbonyl (C=O) groups excluding carboxylic acids is 2. The van der Waals surface area contributed by atoms with Crippen LogP contribution >= 0.6 is 0 Å². The average Bonchev–Trinajstić information content (AvgIpc) is 2.55. The highest BCUT2D eigenvalue weighted by Crippen LogP contribution is 2.32. The minimum Gasteiger partial charge on any atom is -0.465 e. The summed E-state index contributed by atoms with van der Waals surface area (Å²) in [5, 5.41) is 2.75. The Bertz CT molecular complexity index is 788. The van der Waals surface area contributed by atoms with Gasteiger partial charge in [-0.3, -0.25) is 4.79 Å². The molecule has 0 atom stereocenters. The summed E-state index contributed by atoms with van der Waals surface area (Å²) in [7, 11) is 1.24. The van der Waals surface area contributed by atoms with E-state index in [1.165, 1.54) is 13.2 Å². The minimum absolute atomic E-state index is 0.0521. The summed E-state index contributed by atoms with van der Waals surface area (Å²) >= 11 is 0. The zero-order valence-corrected chi connectivity index (χ0v) is 12.4. The SMILES string of the molecule is COC(=O)c1ccc(F)cc1Oc1cccc2c1CCNC2=O. The van der Waals surface area contributed by atoms with Crippen molar-refractivity contribution in [3.05, 3.63) is 58.9 Å². The summed E-state index contributed by atoms with van der Waals surface area (Å²) in [6.07, 6.45) is 0.597. The Morgan fingerprint density at radius 1 is 1.22 bits per heavy atom. The molecule has 1 N–H and O–H groups in total. The summed E-state index contributed by atoms with van der Waals surface area (Å²) in [6.45, 7) is 0.499. The van der Waals surface area contributed by atoms with Crippen LogP contribution in [0.4, 0.5) is 4.39 Å². The molecule has 0 spiro atoms. The Morgan fingerprint density at radius 3 is 2.83 bits per heavy atom. The van der Waals surface area contributed by atoms with E-state index in [2.05, 4.69) is 10.1 Å². The van der Waals surface area contributed by atoms with Gasteiger partial charge in [0.25, 0.3) is 5.91 Å². The molecule has 0 fully saturated rings. The molecule has 2 aromatic rings. The van der Waals surface area contributed by atoms with Crippen LogP contribution in [0, 0.1) is 5.82 Å². The lowest BCUT2D eigenvalue weighted by Crippen LogP contribution is -2.31. The van der Waals surface area contributed by atoms with Crippen LogP contribution in [0.1, 0.15) is 26.3 Å². The van der Waals surface area contributed by atoms with Gasteiger partial charge in [-0.1, -0.05) is 6.07 Å². The molecule has 0 aromatic heterocycles. The van der Waals surface area contributed by atoms with Gasteiger partial charge in [-0.25, -0.2) is 9.18 Å². The van der Waals surface area contributed by atoms with E-state index in [1.54, 1.807) is 18.2 Å². The van der Waals surface area contributed by atoms with Crippen LogP contribution in [0.2, 0.25) is 0 Å². The van der Waals surface area contributed by atoms with E-state index in [-0.39, 0.29) is 17.2 Å². The number of ether oxygens (including phenoxy) is 2. The summed E-state index contributed by atoms with van der Waals surface area (Å²) in [4.78, 5) is 23.7. The van der Waals surface area contributed by atoms with Gasteiger partial charge in [0.05, 0.1) is 7.11 Å². The summed E-state index contributed by atoms with van der Waals surface area (Å²) in [6, 6.07) is 8.64. The van der Waals surface area contributed by atoms with Crippen molar-refractivity contribution in [2.75, 3.05) is 13.7 Å². The summed E-state index contributed by atoms with van der Waals surface area (Å²) < 4.78 is 23.9. The van der Waals surface area contributed by atoms with Crippen molar-refractivity contribution < 1.29 is 23.5 Å². The number of nitrogens with one attached hydrogen (secondary N) is 1. The Kier molecular flexibility index (Phi) is 3.97. The second-order valence-corrected chi connectivity index (χ2v) is 5.02. The third-order valence-corrected chi connectivity index (χ3v) is 3.61. The van der Waals surface area contributed by atoms with Gasteiger partial charge in [-0.2, -0.15) is 0 Å². The van der Waals surface area contributed by atoms with Gasteiger partial charge in [0.2, 0.25) is 0 Å². The molecule has 0 saturated carbocycles. The number of fused-ring (bicyclic) bond motifs is 1. The zero-order valence-electron chi connectivity index (χ0n) is 12.4. The van der Waals surface area contributed by atoms with Gasteiger partial charge < -0.3 is 14.8 Å². The molecule has 1 aliphatic heterocycles. The van der Waals surface area contributed by atoms with Crippen molar-refractivity contribution in [1.29, 1.82) is 0 Å². The van der Waals surface area contributed by atoms with Crippen LogP contribution in [-0.4, -0.2) is 25.5 Å². The van der Waals surface area contributed by atoms with Crippen LogP contribution in [0.25, 0.3) is 0 Å². The summed E-state index contributed by atoms with van der Waals surface area (Å²) in [5.41, 5.74) is 1.37. The molecule has 1 amide bonds. The lowest BCUT2D eigenvalue weighted by Gasteiger charge is -2.20. The van der Waals surface area contributed by atoms with Crippen molar-refractivity contribution in [2.45, 2.75) is 6.42 Å². The van der Waals surface area contributed by atoms with Crippen LogP contribution < -0.4 is 10.1 Å². The molecule has 6 heteroatoms. The number of esters is 1. The number of carbonyl (C=O) groups is 2. The van der Waals surface area contributed by atoms with Crippen LogP contribution in [0.3, 0.4) is 0 Å². The molecule has 3 rings (SSSR count). The van der Waals surface area contributed by atoms with Crippen LogP contribution in [-0.2, 0) is 11.2 Å². The van der Waals surface area contributed by atoms with Gasteiger partial charge >= 0.3 is 5.97 Å². The Labute approximate surface area is 132 Å². The van der Waals surface area contributed by atoms with Gasteiger partial charge in [-0.05, 0) is 30.7 Å². The van der Waals surface area contributed by atoms with E-state index in [4.69, 9.17) is 4.74 Å². The smallest absolute Gasteiger partial charge is 0.341 e. The first kappa shape index (κ1) is 15.0. The van der Waals surface area contributed by atoms with Crippen LogP contribution in [0.15, 0.2) is 36.4 Å². The fraction of sp³-hybridized carbons (Fsp3) is 0.176. The van der Waals surface area contributed by atoms with Gasteiger partial charge in [0, 0.05) is 23.7 Å². The standard InChI is InChI=1S/C17H14FNO4/c1-22-17(21)13-6-5-10(18)9-15(13)23-14-4-2-3-12-11(14)7-8-19-16(12)20/h2-6,9H,7-8H2,1H3,(H,19,20). The molecular formula is C17H14FNO4. The molecular weight excluding hydrogens is 301 g/mol. The fourth-order valence-corrected chi connectivity index (χ4v) is 2.51. The van der Waals surface area contributed by atoms with E-state index < -0.39 is 11.8 Å². The molecule has 0 aliphatic carbocycles. The Hall–Kier alpha value is -2.89. The molecule has 1 heterocycles. The number of benzene rings is 2. The molecule has 118 valence electrons. The average molecular weight is 315 g/mol. The number of rotatable bonds is 3. The molecule has 0 saturated heterocycles. The van der Waals surface area contributed by atoms with E-state index in [0.717, 1.165) is 17.7 Å². The van der Waals surface area contributed by atoms with Crippen molar-refractivity contribution >= 4 is 11.9 Å². The fourth-order valence-electron chi connectivity index (χ4n) is 2.51. The van der Waals surface area contributed by atoms with Crippen LogP contribution in [0.5, 0.6) is 11.5 Å². The lowest BCUT2D eigenvalue weighted by atomic mass is 9.99. The molecule has 0 unspecified atom stereocenters. The Balaban J connectivity index is 2.03. The number of hydrogen-bond acceptors (Lipinski definition) is 4. The molecule has 5 nitrogen and oxygen atoms in total. The maximum Gasteiger partial charge on any atom is 0.341 e. The second-order valence-electron chi connectivity index (χ2n) is 5.02. The highest BCUT2D eigenvalue weighted by atomic mass is 19.1. The molecule has 2 aromatic carbocycles. The highest BCUT2D eigenvalue weighted by Gasteiger charge is 2.22. The molecule has 23 heavy (non-hydrogen) atoms. The quantitative estimate of drug-likeness (QED) is 0.885. The minimum atomic E-state index is -0.623. The third-order valence-electron chi connectivity index (χ3n) is 3.61. The van der Waals surface area contributed by atoms with Crippen molar-refractivity contribution in [1.82, 2.24) is 5.32 Å². The number of hydrogen-bond donors (Lipinski definition) is 1. The normalized spacial score (nSPS) is 13.0. The largest absolute Gasteiger partial charge is 0.465 e. The predicted octanol–water partition coefficient (Wildman–Crippen LogP) is 2.69.